The van der Waals surface area contributed by atoms with Gasteiger partial charge < -0.3 is 5.32 Å². The van der Waals surface area contributed by atoms with Crippen LogP contribution in [0.2, 0.25) is 0 Å². The van der Waals surface area contributed by atoms with E-state index in [0.717, 1.165) is 40.9 Å². The van der Waals surface area contributed by atoms with Gasteiger partial charge in [0.05, 0.1) is 42.2 Å². The lowest BCUT2D eigenvalue weighted by molar-refractivity contribution is 0.264. The molecule has 1 fully saturated rings. The van der Waals surface area contributed by atoms with Crippen LogP contribution in [0, 0.1) is 0 Å². The van der Waals surface area contributed by atoms with Crippen LogP contribution < -0.4 is 5.32 Å². The summed E-state index contributed by atoms with van der Waals surface area (Å²) in [5, 5.41) is 13.3. The van der Waals surface area contributed by atoms with Gasteiger partial charge in [-0.3, -0.25) is 9.67 Å². The average Bonchev–Trinajstić information content (AvgIpc) is 3.05. The Morgan fingerprint density at radius 3 is 2.96 bits per heavy atom. The van der Waals surface area contributed by atoms with Crippen molar-refractivity contribution in [2.24, 2.45) is 0 Å². The molecule has 1 saturated carbocycles. The van der Waals surface area contributed by atoms with Gasteiger partial charge in [0, 0.05) is 18.1 Å². The summed E-state index contributed by atoms with van der Waals surface area (Å²) in [7, 11) is 0. The summed E-state index contributed by atoms with van der Waals surface area (Å²) >= 11 is 2.30. The average molecular weight is 472 g/mol. The standard InChI is InChI=1S/C16H19FIN6P/c1-2-5-19-13-9-24(25-18)22-15(13)12-6-14-11(7-20-12)8-21-23(14)10-16(17)3-4-16/h6-9,19,25H,2-5,10H2,1H3. The maximum atomic E-state index is 14.2. The SMILES string of the molecule is CCCNc1cn(PI)nc1-c1cc2c(cn1)cnn2CC1(F)CC1. The molecule has 3 aromatic rings. The van der Waals surface area contributed by atoms with Crippen molar-refractivity contribution >= 4 is 45.0 Å². The summed E-state index contributed by atoms with van der Waals surface area (Å²) in [6, 6.07) is 1.97. The van der Waals surface area contributed by atoms with Crippen molar-refractivity contribution in [3.8, 4) is 11.4 Å². The number of nitrogens with one attached hydrogen (secondary N) is 1. The summed E-state index contributed by atoms with van der Waals surface area (Å²) in [6.45, 7) is 3.32. The fourth-order valence-corrected chi connectivity index (χ4v) is 3.84. The molecule has 0 amide bonds. The van der Waals surface area contributed by atoms with Crippen molar-refractivity contribution in [1.29, 1.82) is 0 Å². The number of aromatic nitrogens is 5. The quantitative estimate of drug-likeness (QED) is 0.409. The van der Waals surface area contributed by atoms with Crippen LogP contribution in [0.25, 0.3) is 22.3 Å². The van der Waals surface area contributed by atoms with E-state index in [1.54, 1.807) is 17.1 Å². The second-order valence-electron chi connectivity index (χ2n) is 6.43. The number of anilines is 1. The third-order valence-corrected chi connectivity index (χ3v) is 6.25. The summed E-state index contributed by atoms with van der Waals surface area (Å²) in [5.74, 6) is 0. The van der Waals surface area contributed by atoms with Crippen LogP contribution in [0.5, 0.6) is 0 Å². The van der Waals surface area contributed by atoms with Gasteiger partial charge in [-0.15, -0.1) is 0 Å². The minimum absolute atomic E-state index is 0.310. The monoisotopic (exact) mass is 472 g/mol. The number of fused-ring (bicyclic) bond motifs is 1. The Hall–Kier alpha value is -1.28. The highest BCUT2D eigenvalue weighted by molar-refractivity contribution is 14.2. The number of rotatable bonds is 7. The second kappa shape index (κ2) is 6.79. The van der Waals surface area contributed by atoms with E-state index in [1.807, 2.05) is 16.7 Å². The predicted octanol–water partition coefficient (Wildman–Crippen LogP) is 4.41. The molecule has 0 aliphatic heterocycles. The number of pyridine rings is 1. The topological polar surface area (TPSA) is 60.6 Å². The zero-order valence-corrected chi connectivity index (χ0v) is 17.0. The molecule has 9 heteroatoms. The molecule has 4 rings (SSSR count). The second-order valence-corrected chi connectivity index (χ2v) is 8.50. The van der Waals surface area contributed by atoms with E-state index < -0.39 is 5.67 Å². The highest BCUT2D eigenvalue weighted by Crippen LogP contribution is 2.41. The molecular formula is C16H19FIN6P. The molecule has 1 aliphatic rings. The highest BCUT2D eigenvalue weighted by atomic mass is 127. The van der Waals surface area contributed by atoms with Crippen molar-refractivity contribution in [2.75, 3.05) is 11.9 Å². The Kier molecular flexibility index (Phi) is 4.66. The molecule has 6 nitrogen and oxygen atoms in total. The zero-order chi connectivity index (χ0) is 17.4. The lowest BCUT2D eigenvalue weighted by Gasteiger charge is -2.08. The van der Waals surface area contributed by atoms with Gasteiger partial charge in [-0.25, -0.2) is 8.84 Å². The van der Waals surface area contributed by atoms with E-state index >= 15 is 0 Å². The molecule has 0 aromatic carbocycles. The van der Waals surface area contributed by atoms with Crippen LogP contribution in [0.1, 0.15) is 26.2 Å². The number of hydrogen-bond acceptors (Lipinski definition) is 4. The van der Waals surface area contributed by atoms with Gasteiger partial charge >= 0.3 is 0 Å². The molecule has 25 heavy (non-hydrogen) atoms. The van der Waals surface area contributed by atoms with Gasteiger partial charge in [0.1, 0.15) is 11.4 Å². The summed E-state index contributed by atoms with van der Waals surface area (Å²) in [4.78, 5) is 4.56. The van der Waals surface area contributed by atoms with Crippen LogP contribution in [-0.4, -0.2) is 36.5 Å². The van der Waals surface area contributed by atoms with Gasteiger partial charge in [-0.05, 0) is 47.4 Å². The van der Waals surface area contributed by atoms with Crippen molar-refractivity contribution in [3.05, 3.63) is 24.7 Å². The minimum Gasteiger partial charge on any atom is -0.382 e. The Balaban J connectivity index is 1.73. The first-order chi connectivity index (χ1) is 12.1. The zero-order valence-electron chi connectivity index (χ0n) is 13.8. The van der Waals surface area contributed by atoms with Crippen LogP contribution in [0.15, 0.2) is 24.7 Å². The number of alkyl halides is 1. The molecule has 0 bridgehead atoms. The smallest absolute Gasteiger partial charge is 0.134 e. The van der Waals surface area contributed by atoms with Gasteiger partial charge in [-0.2, -0.15) is 10.2 Å². The fraction of sp³-hybridized carbons (Fsp3) is 0.438. The van der Waals surface area contributed by atoms with Crippen molar-refractivity contribution in [2.45, 2.75) is 38.4 Å². The lowest BCUT2D eigenvalue weighted by Crippen LogP contribution is -2.13. The maximum absolute atomic E-state index is 14.2. The Morgan fingerprint density at radius 1 is 1.40 bits per heavy atom. The Labute approximate surface area is 159 Å². The molecule has 1 N–H and O–H groups in total. The largest absolute Gasteiger partial charge is 0.382 e. The van der Waals surface area contributed by atoms with E-state index in [4.69, 9.17) is 0 Å². The summed E-state index contributed by atoms with van der Waals surface area (Å²) < 4.78 is 17.8. The fourth-order valence-electron chi connectivity index (χ4n) is 2.79. The number of halogens is 2. The molecule has 0 radical (unpaired) electrons. The Morgan fingerprint density at radius 2 is 2.24 bits per heavy atom. The predicted molar refractivity (Wildman–Crippen MR) is 108 cm³/mol. The van der Waals surface area contributed by atoms with E-state index in [9.17, 15) is 4.39 Å². The van der Waals surface area contributed by atoms with Gasteiger partial charge in [0.15, 0.2) is 0 Å². The van der Waals surface area contributed by atoms with Crippen molar-refractivity contribution < 1.29 is 4.39 Å². The Bertz CT molecular complexity index is 903. The van der Waals surface area contributed by atoms with Gasteiger partial charge in [0.25, 0.3) is 0 Å². The van der Waals surface area contributed by atoms with E-state index in [1.165, 1.54) is 0 Å². The van der Waals surface area contributed by atoms with Crippen molar-refractivity contribution in [3.63, 3.8) is 0 Å². The minimum atomic E-state index is -1.08. The third-order valence-electron chi connectivity index (χ3n) is 4.36. The summed E-state index contributed by atoms with van der Waals surface area (Å²) in [6.07, 6.45) is 8.36. The van der Waals surface area contributed by atoms with Crippen LogP contribution in [-0.2, 0) is 6.54 Å². The molecule has 3 aromatic heterocycles. The molecule has 0 saturated heterocycles. The lowest BCUT2D eigenvalue weighted by atomic mass is 10.2. The molecular weight excluding hydrogens is 453 g/mol. The van der Waals surface area contributed by atoms with E-state index in [0.29, 0.717) is 25.8 Å². The summed E-state index contributed by atoms with van der Waals surface area (Å²) in [5.41, 5.74) is 2.41. The van der Waals surface area contributed by atoms with E-state index in [2.05, 4.69) is 49.5 Å². The van der Waals surface area contributed by atoms with Crippen LogP contribution in [0.3, 0.4) is 0 Å². The van der Waals surface area contributed by atoms with Crippen LogP contribution >= 0.6 is 28.4 Å². The first-order valence-electron chi connectivity index (χ1n) is 8.33. The van der Waals surface area contributed by atoms with Gasteiger partial charge in [0.2, 0.25) is 0 Å². The normalized spacial score (nSPS) is 16.1. The van der Waals surface area contributed by atoms with E-state index in [-0.39, 0.29) is 0 Å². The van der Waals surface area contributed by atoms with Crippen LogP contribution in [0.4, 0.5) is 10.1 Å². The number of nitrogens with zero attached hydrogens (tertiary/aromatic N) is 5. The van der Waals surface area contributed by atoms with Crippen molar-refractivity contribution in [1.82, 2.24) is 24.3 Å². The first kappa shape index (κ1) is 17.1. The number of hydrogen-bond donors (Lipinski definition) is 1. The van der Waals surface area contributed by atoms with Gasteiger partial charge in [-0.1, -0.05) is 6.92 Å². The highest BCUT2D eigenvalue weighted by Gasteiger charge is 2.44. The molecule has 1 aliphatic carbocycles. The molecule has 3 heterocycles. The molecule has 132 valence electrons. The third kappa shape index (κ3) is 3.51. The molecule has 1 unspecified atom stereocenters. The molecule has 1 atom stereocenters. The first-order valence-corrected chi connectivity index (χ1v) is 12.4. The molecule has 0 spiro atoms. The maximum Gasteiger partial charge on any atom is 0.134 e.